The number of piperazine rings is 1. The van der Waals surface area contributed by atoms with Crippen molar-refractivity contribution in [2.45, 2.75) is 58.4 Å². The minimum atomic E-state index is 0.217. The summed E-state index contributed by atoms with van der Waals surface area (Å²) in [6, 6.07) is 24.1. The largest absolute Gasteiger partial charge is 0.423 e. The van der Waals surface area contributed by atoms with Gasteiger partial charge in [-0.15, -0.1) is 11.3 Å². The zero-order valence-electron chi connectivity index (χ0n) is 27.7. The molecular formula is C38H51N5OS. The van der Waals surface area contributed by atoms with Gasteiger partial charge in [-0.3, -0.25) is 4.90 Å². The third kappa shape index (κ3) is 7.41. The smallest absolute Gasteiger partial charge is 0.220 e. The van der Waals surface area contributed by atoms with Crippen molar-refractivity contribution in [2.75, 3.05) is 68.1 Å². The van der Waals surface area contributed by atoms with Crippen LogP contribution < -0.4 is 14.7 Å². The van der Waals surface area contributed by atoms with E-state index in [-0.39, 0.29) is 6.04 Å². The maximum Gasteiger partial charge on any atom is 0.220 e. The van der Waals surface area contributed by atoms with Gasteiger partial charge in [0.2, 0.25) is 11.8 Å². The van der Waals surface area contributed by atoms with E-state index >= 15 is 0 Å². The highest BCUT2D eigenvalue weighted by atomic mass is 32.1. The number of nitrogens with zero attached hydrogens (tertiary/aromatic N) is 5. The first-order chi connectivity index (χ1) is 22.0. The average Bonchev–Trinajstić information content (AvgIpc) is 3.72. The molecule has 1 aliphatic heterocycles. The summed E-state index contributed by atoms with van der Waals surface area (Å²) in [5.74, 6) is 3.23. The number of hydrogen-bond donors (Lipinski definition) is 0. The minimum Gasteiger partial charge on any atom is -0.423 e. The molecule has 240 valence electrons. The maximum atomic E-state index is 6.97. The first-order valence-corrected chi connectivity index (χ1v) is 18.0. The summed E-state index contributed by atoms with van der Waals surface area (Å²) in [4.78, 5) is 16.7. The lowest BCUT2D eigenvalue weighted by atomic mass is 9.76. The highest BCUT2D eigenvalue weighted by Crippen LogP contribution is 2.43. The molecule has 6 nitrogen and oxygen atoms in total. The fourth-order valence-electron chi connectivity index (χ4n) is 7.57. The first kappa shape index (κ1) is 31.7. The van der Waals surface area contributed by atoms with Gasteiger partial charge in [-0.05, 0) is 86.2 Å². The maximum absolute atomic E-state index is 6.97. The predicted octanol–water partition coefficient (Wildman–Crippen LogP) is 8.15. The molecule has 1 atom stereocenters. The molecule has 1 aliphatic carbocycles. The van der Waals surface area contributed by atoms with Crippen LogP contribution in [0.5, 0.6) is 0 Å². The molecule has 1 saturated carbocycles. The fraction of sp³-hybridized carbons (Fsp3) is 0.500. The Balaban J connectivity index is 1.23. The third-order valence-corrected chi connectivity index (χ3v) is 11.0. The molecule has 6 rings (SSSR count). The van der Waals surface area contributed by atoms with Crippen molar-refractivity contribution in [3.8, 4) is 0 Å². The van der Waals surface area contributed by atoms with Crippen LogP contribution in [-0.4, -0.2) is 63.2 Å². The van der Waals surface area contributed by atoms with Crippen LogP contribution in [0.3, 0.4) is 0 Å². The first-order valence-electron chi connectivity index (χ1n) is 17.1. The lowest BCUT2D eigenvalue weighted by Gasteiger charge is -2.38. The van der Waals surface area contributed by atoms with E-state index in [4.69, 9.17) is 9.40 Å². The van der Waals surface area contributed by atoms with E-state index in [1.54, 1.807) is 4.88 Å². The van der Waals surface area contributed by atoms with Gasteiger partial charge < -0.3 is 19.1 Å². The van der Waals surface area contributed by atoms with Gasteiger partial charge in [0.05, 0.1) is 11.7 Å². The number of anilines is 3. The topological polar surface area (TPSA) is 39.0 Å². The van der Waals surface area contributed by atoms with E-state index in [0.29, 0.717) is 5.92 Å². The second kappa shape index (κ2) is 14.9. The minimum absolute atomic E-state index is 0.217. The summed E-state index contributed by atoms with van der Waals surface area (Å²) >= 11 is 1.92. The van der Waals surface area contributed by atoms with E-state index < -0.39 is 0 Å². The van der Waals surface area contributed by atoms with Gasteiger partial charge in [0.15, 0.2) is 0 Å². The molecule has 7 heteroatoms. The van der Waals surface area contributed by atoms with Crippen molar-refractivity contribution in [1.82, 2.24) is 9.88 Å². The van der Waals surface area contributed by atoms with Crippen LogP contribution in [0.15, 0.2) is 76.5 Å². The van der Waals surface area contributed by atoms with Crippen LogP contribution >= 0.6 is 11.3 Å². The van der Waals surface area contributed by atoms with Crippen molar-refractivity contribution in [3.63, 3.8) is 0 Å². The Morgan fingerprint density at radius 2 is 1.49 bits per heavy atom. The van der Waals surface area contributed by atoms with E-state index in [0.717, 1.165) is 69.1 Å². The quantitative estimate of drug-likeness (QED) is 0.158. The molecule has 2 aromatic heterocycles. The summed E-state index contributed by atoms with van der Waals surface area (Å²) in [5, 5.41) is 2.25. The molecule has 0 spiro atoms. The molecule has 1 saturated heterocycles. The summed E-state index contributed by atoms with van der Waals surface area (Å²) in [6.07, 6.45) is 7.02. The third-order valence-electron chi connectivity index (χ3n) is 10.1. The lowest BCUT2D eigenvalue weighted by Crippen LogP contribution is -2.46. The summed E-state index contributed by atoms with van der Waals surface area (Å²) in [6.45, 7) is 10.4. The fourth-order valence-corrected chi connectivity index (χ4v) is 8.64. The molecule has 0 N–H and O–H groups in total. The van der Waals surface area contributed by atoms with E-state index in [9.17, 15) is 0 Å². The molecule has 2 fully saturated rings. The predicted molar refractivity (Wildman–Crippen MR) is 190 cm³/mol. The molecule has 0 amide bonds. The van der Waals surface area contributed by atoms with Gasteiger partial charge in [0.1, 0.15) is 5.69 Å². The Kier molecular flexibility index (Phi) is 10.5. The standard InChI is InChI=1S/C38H51N5OS/c1-5-41(6-2)36(31-19-17-30(18-20-31)28-35-34(40(3)4)21-26-45-35)37-39-33(27-29-13-9-7-10-14-29)38(44-37)43-24-22-42(23-25-43)32-15-11-8-12-16-32/h7-16,21,26,30-31,36H,5-6,17-20,22-25,27-28H2,1-4H3. The number of aromatic nitrogens is 1. The van der Waals surface area contributed by atoms with Gasteiger partial charge in [0.25, 0.3) is 0 Å². The molecule has 45 heavy (non-hydrogen) atoms. The van der Waals surface area contributed by atoms with E-state index in [1.165, 1.54) is 49.0 Å². The SMILES string of the molecule is CCN(CC)C(c1nc(Cc2ccccc2)c(N2CCN(c3ccccc3)CC2)o1)C1CCC(Cc2sccc2N(C)C)CC1. The number of hydrogen-bond acceptors (Lipinski definition) is 7. The zero-order valence-corrected chi connectivity index (χ0v) is 28.5. The molecule has 4 aromatic rings. The Labute approximate surface area is 274 Å². The van der Waals surface area contributed by atoms with Crippen LogP contribution in [0, 0.1) is 11.8 Å². The van der Waals surface area contributed by atoms with Crippen LogP contribution in [0.25, 0.3) is 0 Å². The van der Waals surface area contributed by atoms with Crippen LogP contribution in [0.2, 0.25) is 0 Å². The average molecular weight is 626 g/mol. The van der Waals surface area contributed by atoms with Crippen molar-refractivity contribution in [3.05, 3.63) is 94.1 Å². The Bertz CT molecular complexity index is 1450. The summed E-state index contributed by atoms with van der Waals surface area (Å²) in [7, 11) is 4.33. The number of thiophene rings is 1. The van der Waals surface area contributed by atoms with Gasteiger partial charge >= 0.3 is 0 Å². The molecule has 0 bridgehead atoms. The van der Waals surface area contributed by atoms with Gasteiger partial charge in [-0.1, -0.05) is 62.4 Å². The monoisotopic (exact) mass is 625 g/mol. The second-order valence-corrected chi connectivity index (χ2v) is 14.1. The van der Waals surface area contributed by atoms with Crippen molar-refractivity contribution >= 4 is 28.6 Å². The molecule has 2 aromatic carbocycles. The second-order valence-electron chi connectivity index (χ2n) is 13.1. The van der Waals surface area contributed by atoms with Crippen LogP contribution in [0.4, 0.5) is 17.3 Å². The van der Waals surface area contributed by atoms with E-state index in [2.05, 4.69) is 120 Å². The van der Waals surface area contributed by atoms with Crippen molar-refractivity contribution in [2.24, 2.45) is 11.8 Å². The Hall–Kier alpha value is -3.29. The van der Waals surface area contributed by atoms with Gasteiger partial charge in [-0.25, -0.2) is 4.98 Å². The summed E-state index contributed by atoms with van der Waals surface area (Å²) in [5.41, 5.74) is 5.07. The van der Waals surface area contributed by atoms with Crippen molar-refractivity contribution in [1.29, 1.82) is 0 Å². The molecular weight excluding hydrogens is 575 g/mol. The van der Waals surface area contributed by atoms with Crippen LogP contribution in [-0.2, 0) is 12.8 Å². The highest BCUT2D eigenvalue weighted by molar-refractivity contribution is 7.10. The normalized spacial score (nSPS) is 19.7. The Morgan fingerprint density at radius 1 is 0.844 bits per heavy atom. The van der Waals surface area contributed by atoms with Crippen molar-refractivity contribution < 1.29 is 4.42 Å². The number of benzene rings is 2. The number of para-hydroxylation sites is 1. The van der Waals surface area contributed by atoms with E-state index in [1.807, 2.05) is 11.3 Å². The Morgan fingerprint density at radius 3 is 2.13 bits per heavy atom. The van der Waals surface area contributed by atoms with Gasteiger partial charge in [-0.2, -0.15) is 0 Å². The highest BCUT2D eigenvalue weighted by Gasteiger charge is 2.36. The zero-order chi connectivity index (χ0) is 31.2. The molecule has 2 aliphatic rings. The van der Waals surface area contributed by atoms with Gasteiger partial charge in [0, 0.05) is 57.3 Å². The molecule has 1 unspecified atom stereocenters. The molecule has 0 radical (unpaired) electrons. The van der Waals surface area contributed by atoms with Crippen LogP contribution in [0.1, 0.15) is 67.6 Å². The molecule has 3 heterocycles. The lowest BCUT2D eigenvalue weighted by molar-refractivity contribution is 0.0933. The summed E-state index contributed by atoms with van der Waals surface area (Å²) < 4.78 is 6.97. The number of rotatable bonds is 12. The number of oxazole rings is 1.